The standard InChI is InChI=1S/C16H14O2.H2O4S/c1-3-7-13(8-4-1)16-15(11-12-17-16)18-14-9-5-2-6-10-14;1-5(2,3)4/h1-10H,11-12H2;(H2,1,2,3,4). The van der Waals surface area contributed by atoms with Gasteiger partial charge in [-0.3, -0.25) is 9.11 Å². The van der Waals surface area contributed by atoms with E-state index in [2.05, 4.69) is 0 Å². The van der Waals surface area contributed by atoms with E-state index in [9.17, 15) is 0 Å². The van der Waals surface area contributed by atoms with Gasteiger partial charge in [0.05, 0.1) is 6.61 Å². The summed E-state index contributed by atoms with van der Waals surface area (Å²) in [5.74, 6) is 2.62. The van der Waals surface area contributed by atoms with Gasteiger partial charge >= 0.3 is 10.4 Å². The van der Waals surface area contributed by atoms with Crippen LogP contribution in [-0.2, 0) is 15.1 Å². The molecule has 0 aromatic heterocycles. The maximum Gasteiger partial charge on any atom is 0.394 e. The van der Waals surface area contributed by atoms with E-state index in [4.69, 9.17) is 27.0 Å². The minimum atomic E-state index is -4.67. The summed E-state index contributed by atoms with van der Waals surface area (Å²) in [5, 5.41) is 0. The Balaban J connectivity index is 0.000000338. The minimum Gasteiger partial charge on any atom is -0.489 e. The van der Waals surface area contributed by atoms with Crippen molar-refractivity contribution in [3.63, 3.8) is 0 Å². The van der Waals surface area contributed by atoms with Gasteiger partial charge in [-0.25, -0.2) is 0 Å². The summed E-state index contributed by atoms with van der Waals surface area (Å²) in [6.45, 7) is 0.687. The van der Waals surface area contributed by atoms with Crippen LogP contribution >= 0.6 is 0 Å². The van der Waals surface area contributed by atoms with Crippen LogP contribution in [0, 0.1) is 0 Å². The van der Waals surface area contributed by atoms with Gasteiger partial charge in [-0.05, 0) is 12.1 Å². The second-order valence-corrected chi connectivity index (χ2v) is 5.48. The predicted molar refractivity (Wildman–Crippen MR) is 85.2 cm³/mol. The molecule has 23 heavy (non-hydrogen) atoms. The van der Waals surface area contributed by atoms with E-state index in [1.807, 2.05) is 60.7 Å². The smallest absolute Gasteiger partial charge is 0.394 e. The van der Waals surface area contributed by atoms with Gasteiger partial charge in [0.25, 0.3) is 0 Å². The van der Waals surface area contributed by atoms with Crippen molar-refractivity contribution in [2.75, 3.05) is 6.61 Å². The molecule has 1 heterocycles. The first kappa shape index (κ1) is 17.0. The zero-order valence-electron chi connectivity index (χ0n) is 12.1. The van der Waals surface area contributed by atoms with E-state index in [-0.39, 0.29) is 0 Å². The Bertz CT molecular complexity index is 746. The molecule has 2 aromatic rings. The average Bonchev–Trinajstić information content (AvgIpc) is 2.96. The molecule has 0 saturated heterocycles. The van der Waals surface area contributed by atoms with Crippen LogP contribution in [0.4, 0.5) is 0 Å². The Morgan fingerprint density at radius 1 is 0.913 bits per heavy atom. The third-order valence-electron chi connectivity index (χ3n) is 2.85. The molecule has 2 aromatic carbocycles. The van der Waals surface area contributed by atoms with Crippen LogP contribution in [0.2, 0.25) is 0 Å². The van der Waals surface area contributed by atoms with Crippen LogP contribution in [0.1, 0.15) is 12.0 Å². The molecule has 0 saturated carbocycles. The third kappa shape index (κ3) is 6.11. The van der Waals surface area contributed by atoms with Crippen molar-refractivity contribution in [1.29, 1.82) is 0 Å². The van der Waals surface area contributed by atoms with Crippen molar-refractivity contribution >= 4 is 16.2 Å². The van der Waals surface area contributed by atoms with E-state index in [0.717, 1.165) is 29.3 Å². The zero-order chi connectivity index (χ0) is 16.7. The van der Waals surface area contributed by atoms with Gasteiger partial charge in [-0.1, -0.05) is 48.5 Å². The van der Waals surface area contributed by atoms with E-state index in [0.29, 0.717) is 6.61 Å². The molecule has 0 unspecified atom stereocenters. The molecule has 0 fully saturated rings. The number of ether oxygens (including phenoxy) is 2. The highest BCUT2D eigenvalue weighted by Gasteiger charge is 2.19. The third-order valence-corrected chi connectivity index (χ3v) is 2.85. The minimum absolute atomic E-state index is 0.687. The van der Waals surface area contributed by atoms with Gasteiger partial charge in [0, 0.05) is 12.0 Å². The molecule has 0 amide bonds. The van der Waals surface area contributed by atoms with Crippen molar-refractivity contribution in [3.8, 4) is 5.75 Å². The lowest BCUT2D eigenvalue weighted by Crippen LogP contribution is -1.95. The zero-order valence-corrected chi connectivity index (χ0v) is 12.9. The molecule has 7 heteroatoms. The van der Waals surface area contributed by atoms with E-state index in [1.165, 1.54) is 0 Å². The Morgan fingerprint density at radius 2 is 1.43 bits per heavy atom. The highest BCUT2D eigenvalue weighted by molar-refractivity contribution is 7.79. The van der Waals surface area contributed by atoms with Crippen LogP contribution in [0.25, 0.3) is 5.76 Å². The molecule has 0 bridgehead atoms. The van der Waals surface area contributed by atoms with Crippen molar-refractivity contribution < 1.29 is 27.0 Å². The molecular weight excluding hydrogens is 320 g/mol. The van der Waals surface area contributed by atoms with Gasteiger partial charge in [0.1, 0.15) is 11.5 Å². The summed E-state index contributed by atoms with van der Waals surface area (Å²) in [4.78, 5) is 0. The molecule has 122 valence electrons. The molecule has 3 rings (SSSR count). The highest BCUT2D eigenvalue weighted by atomic mass is 32.3. The fourth-order valence-corrected chi connectivity index (χ4v) is 2.00. The lowest BCUT2D eigenvalue weighted by molar-refractivity contribution is 0.307. The Labute approximate surface area is 134 Å². The first-order chi connectivity index (χ1) is 10.9. The predicted octanol–water partition coefficient (Wildman–Crippen LogP) is 3.20. The summed E-state index contributed by atoms with van der Waals surface area (Å²) in [7, 11) is -4.67. The average molecular weight is 336 g/mol. The van der Waals surface area contributed by atoms with Crippen molar-refractivity contribution in [2.45, 2.75) is 6.42 Å². The van der Waals surface area contributed by atoms with Crippen LogP contribution in [-0.4, -0.2) is 24.1 Å². The molecule has 1 aliphatic rings. The van der Waals surface area contributed by atoms with E-state index in [1.54, 1.807) is 0 Å². The van der Waals surface area contributed by atoms with Gasteiger partial charge < -0.3 is 9.47 Å². The molecular formula is C16H16O6S. The fraction of sp³-hybridized carbons (Fsp3) is 0.125. The van der Waals surface area contributed by atoms with Crippen LogP contribution in [0.5, 0.6) is 5.75 Å². The molecule has 0 atom stereocenters. The summed E-state index contributed by atoms with van der Waals surface area (Å²) < 4.78 is 43.2. The van der Waals surface area contributed by atoms with Crippen molar-refractivity contribution in [2.24, 2.45) is 0 Å². The molecule has 1 aliphatic heterocycles. The summed E-state index contributed by atoms with van der Waals surface area (Å²) in [6.07, 6.45) is 0.819. The van der Waals surface area contributed by atoms with E-state index < -0.39 is 10.4 Å². The second kappa shape index (κ2) is 7.77. The summed E-state index contributed by atoms with van der Waals surface area (Å²) >= 11 is 0. The fourth-order valence-electron chi connectivity index (χ4n) is 2.00. The van der Waals surface area contributed by atoms with Gasteiger partial charge in [-0.15, -0.1) is 0 Å². The first-order valence-corrected chi connectivity index (χ1v) is 8.17. The quantitative estimate of drug-likeness (QED) is 0.836. The SMILES string of the molecule is O=S(=O)(O)O.c1ccc(OC2=C(c3ccccc3)OCC2)cc1. The number of benzene rings is 2. The molecule has 6 nitrogen and oxygen atoms in total. The molecule has 0 aliphatic carbocycles. The molecule has 2 N–H and O–H groups in total. The topological polar surface area (TPSA) is 93.1 Å². The van der Waals surface area contributed by atoms with Gasteiger partial charge in [-0.2, -0.15) is 8.42 Å². The number of hydrogen-bond donors (Lipinski definition) is 2. The van der Waals surface area contributed by atoms with Crippen LogP contribution in [0.15, 0.2) is 66.4 Å². The number of hydrogen-bond acceptors (Lipinski definition) is 4. The lowest BCUT2D eigenvalue weighted by atomic mass is 10.1. The maximum atomic E-state index is 8.74. The highest BCUT2D eigenvalue weighted by Crippen LogP contribution is 2.30. The Kier molecular flexibility index (Phi) is 5.75. The first-order valence-electron chi connectivity index (χ1n) is 6.77. The number of rotatable bonds is 3. The van der Waals surface area contributed by atoms with Crippen LogP contribution < -0.4 is 4.74 Å². The molecule has 0 radical (unpaired) electrons. The Morgan fingerprint density at radius 3 is 2.00 bits per heavy atom. The largest absolute Gasteiger partial charge is 0.489 e. The van der Waals surface area contributed by atoms with E-state index >= 15 is 0 Å². The lowest BCUT2D eigenvalue weighted by Gasteiger charge is -2.08. The van der Waals surface area contributed by atoms with Crippen molar-refractivity contribution in [3.05, 3.63) is 72.0 Å². The summed E-state index contributed by atoms with van der Waals surface area (Å²) in [6, 6.07) is 19.9. The molecule has 0 spiro atoms. The number of para-hydroxylation sites is 1. The van der Waals surface area contributed by atoms with Crippen LogP contribution in [0.3, 0.4) is 0 Å². The summed E-state index contributed by atoms with van der Waals surface area (Å²) in [5.41, 5.74) is 1.07. The van der Waals surface area contributed by atoms with Gasteiger partial charge in [0.15, 0.2) is 5.76 Å². The van der Waals surface area contributed by atoms with Gasteiger partial charge in [0.2, 0.25) is 0 Å². The normalized spacial score (nSPS) is 13.8. The second-order valence-electron chi connectivity index (χ2n) is 4.58. The monoisotopic (exact) mass is 336 g/mol. The van der Waals surface area contributed by atoms with Crippen molar-refractivity contribution in [1.82, 2.24) is 0 Å². The maximum absolute atomic E-state index is 8.74. The Hall–Kier alpha value is -2.35.